The molecule has 0 bridgehead atoms. The second kappa shape index (κ2) is 12.6. The Morgan fingerprint density at radius 1 is 0.841 bits per heavy atom. The van der Waals surface area contributed by atoms with Gasteiger partial charge in [-0.05, 0) is 61.2 Å². The van der Waals surface area contributed by atoms with Crippen LogP contribution in [0.1, 0.15) is 65.2 Å². The van der Waals surface area contributed by atoms with Gasteiger partial charge in [0.2, 0.25) is 0 Å². The van der Waals surface area contributed by atoms with E-state index in [0.29, 0.717) is 5.69 Å². The lowest BCUT2D eigenvalue weighted by atomic mass is 9.82. The van der Waals surface area contributed by atoms with E-state index in [9.17, 15) is 13.2 Å². The summed E-state index contributed by atoms with van der Waals surface area (Å²) >= 11 is 0. The summed E-state index contributed by atoms with van der Waals surface area (Å²) in [5.41, 5.74) is 6.40. The normalized spacial score (nSPS) is 14.0. The number of fused-ring (bicyclic) bond motifs is 1. The molecule has 0 unspecified atom stereocenters. The maximum Gasteiger partial charge on any atom is 0.337 e. The number of pyridine rings is 1. The van der Waals surface area contributed by atoms with Crippen molar-refractivity contribution < 1.29 is 17.9 Å². The third-order valence-corrected chi connectivity index (χ3v) is 10.3. The number of methoxy groups -OCH3 is 1. The van der Waals surface area contributed by atoms with Gasteiger partial charge in [0.1, 0.15) is 0 Å². The van der Waals surface area contributed by atoms with Crippen LogP contribution in [0.4, 0.5) is 5.69 Å². The van der Waals surface area contributed by atoms with Crippen LogP contribution >= 0.6 is 0 Å². The molecule has 0 spiro atoms. The fourth-order valence-corrected chi connectivity index (χ4v) is 7.67. The number of carbonyl (C=O) groups excluding carboxylic acids is 1. The highest BCUT2D eigenvalue weighted by molar-refractivity contribution is 7.92. The molecule has 4 aromatic carbocycles. The maximum absolute atomic E-state index is 14.9. The van der Waals surface area contributed by atoms with Gasteiger partial charge in [-0.3, -0.25) is 9.29 Å². The van der Waals surface area contributed by atoms with Gasteiger partial charge in [-0.15, -0.1) is 0 Å². The van der Waals surface area contributed by atoms with Crippen LogP contribution in [0.25, 0.3) is 22.0 Å². The smallest absolute Gasteiger partial charge is 0.337 e. The lowest BCUT2D eigenvalue weighted by molar-refractivity contribution is 0.0600. The molecule has 1 saturated carbocycles. The van der Waals surface area contributed by atoms with E-state index in [1.807, 2.05) is 85.8 Å². The Bertz CT molecular complexity index is 1880. The number of aromatic nitrogens is 1. The maximum atomic E-state index is 14.9. The van der Waals surface area contributed by atoms with E-state index in [2.05, 4.69) is 0 Å². The van der Waals surface area contributed by atoms with Crippen LogP contribution in [0.2, 0.25) is 0 Å². The van der Waals surface area contributed by atoms with Crippen LogP contribution in [0, 0.1) is 6.92 Å². The van der Waals surface area contributed by atoms with Gasteiger partial charge in [0.15, 0.2) is 0 Å². The fourth-order valence-electron chi connectivity index (χ4n) is 6.18. The molecule has 6 nitrogen and oxygen atoms in total. The summed E-state index contributed by atoms with van der Waals surface area (Å²) in [6.07, 6.45) is 5.49. The second-order valence-corrected chi connectivity index (χ2v) is 13.3. The number of rotatable bonds is 8. The van der Waals surface area contributed by atoms with Gasteiger partial charge in [-0.1, -0.05) is 97.6 Å². The second-order valence-electron chi connectivity index (χ2n) is 11.5. The monoisotopic (exact) mass is 604 g/mol. The number of esters is 1. The Balaban J connectivity index is 1.65. The highest BCUT2D eigenvalue weighted by Gasteiger charge is 2.33. The first-order valence-corrected chi connectivity index (χ1v) is 16.6. The molecular weight excluding hydrogens is 568 g/mol. The predicted octanol–water partition coefficient (Wildman–Crippen LogP) is 8.44. The number of benzene rings is 4. The summed E-state index contributed by atoms with van der Waals surface area (Å²) in [6.45, 7) is 2.14. The number of hydrogen-bond donors (Lipinski definition) is 0. The van der Waals surface area contributed by atoms with Gasteiger partial charge in [-0.2, -0.15) is 0 Å². The number of hydrogen-bond acceptors (Lipinski definition) is 5. The molecule has 1 heterocycles. The number of aryl methyl sites for hydroxylation is 1. The lowest BCUT2D eigenvalue weighted by Gasteiger charge is -2.32. The van der Waals surface area contributed by atoms with E-state index in [4.69, 9.17) is 9.72 Å². The third kappa shape index (κ3) is 5.84. The Kier molecular flexibility index (Phi) is 8.49. The number of para-hydroxylation sites is 1. The zero-order valence-electron chi connectivity index (χ0n) is 25.1. The van der Waals surface area contributed by atoms with Gasteiger partial charge in [0, 0.05) is 16.9 Å². The Morgan fingerprint density at radius 2 is 1.50 bits per heavy atom. The van der Waals surface area contributed by atoms with Crippen LogP contribution in [0.3, 0.4) is 0 Å². The molecule has 5 aromatic rings. The molecule has 0 aliphatic heterocycles. The molecule has 0 atom stereocenters. The average Bonchev–Trinajstić information content (AvgIpc) is 3.07. The average molecular weight is 605 g/mol. The molecule has 0 N–H and O–H groups in total. The van der Waals surface area contributed by atoms with Crippen molar-refractivity contribution in [1.82, 2.24) is 4.98 Å². The first kappa shape index (κ1) is 29.6. The molecule has 1 aliphatic rings. The van der Waals surface area contributed by atoms with Crippen LogP contribution in [0.15, 0.2) is 108 Å². The van der Waals surface area contributed by atoms with Gasteiger partial charge < -0.3 is 4.74 Å². The summed E-state index contributed by atoms with van der Waals surface area (Å²) < 4.78 is 36.1. The first-order chi connectivity index (χ1) is 21.4. The molecule has 1 aliphatic carbocycles. The predicted molar refractivity (Wildman–Crippen MR) is 175 cm³/mol. The van der Waals surface area contributed by atoms with E-state index >= 15 is 0 Å². The largest absolute Gasteiger partial charge is 0.465 e. The van der Waals surface area contributed by atoms with Gasteiger partial charge in [0.25, 0.3) is 10.0 Å². The number of carbonyl (C=O) groups is 1. The number of anilines is 1. The van der Waals surface area contributed by atoms with Crippen molar-refractivity contribution >= 4 is 32.6 Å². The van der Waals surface area contributed by atoms with Crippen molar-refractivity contribution in [3.63, 3.8) is 0 Å². The zero-order chi connectivity index (χ0) is 30.7. The standard InChI is InChI=1S/C37H36N2O4S/c1-26-17-19-27(20-18-26)25-39(44(41,42)31-23-21-30(22-24-31)37(40)43-2)36-32-15-9-10-16-33(32)38-35(29-13-7-4-8-14-29)34(36)28-11-5-3-6-12-28/h3,5-6,9-12,15-24,29H,4,7-8,13-14,25H2,1-2H3. The minimum Gasteiger partial charge on any atom is -0.465 e. The first-order valence-electron chi connectivity index (χ1n) is 15.1. The van der Waals surface area contributed by atoms with Gasteiger partial charge in [0.05, 0.1) is 41.0 Å². The lowest BCUT2D eigenvalue weighted by Crippen LogP contribution is -2.32. The van der Waals surface area contributed by atoms with Crippen molar-refractivity contribution in [2.24, 2.45) is 0 Å². The molecule has 0 amide bonds. The van der Waals surface area contributed by atoms with Gasteiger partial charge >= 0.3 is 5.97 Å². The Hall–Kier alpha value is -4.49. The summed E-state index contributed by atoms with van der Waals surface area (Å²) in [5.74, 6) is -0.292. The number of ether oxygens (including phenoxy) is 1. The van der Waals surface area contributed by atoms with Crippen LogP contribution in [0.5, 0.6) is 0 Å². The highest BCUT2D eigenvalue weighted by atomic mass is 32.2. The number of sulfonamides is 1. The van der Waals surface area contributed by atoms with Crippen molar-refractivity contribution in [2.75, 3.05) is 11.4 Å². The summed E-state index contributed by atoms with van der Waals surface area (Å²) in [6, 6.07) is 31.8. The quantitative estimate of drug-likeness (QED) is 0.166. The zero-order valence-corrected chi connectivity index (χ0v) is 25.9. The van der Waals surface area contributed by atoms with Crippen molar-refractivity contribution in [2.45, 2.75) is 56.4 Å². The minimum absolute atomic E-state index is 0.0939. The summed E-state index contributed by atoms with van der Waals surface area (Å²) in [7, 11) is -2.82. The molecule has 6 rings (SSSR count). The van der Waals surface area contributed by atoms with E-state index in [0.717, 1.165) is 64.5 Å². The molecule has 44 heavy (non-hydrogen) atoms. The van der Waals surface area contributed by atoms with Crippen molar-refractivity contribution in [3.8, 4) is 11.1 Å². The SMILES string of the molecule is COC(=O)c1ccc(S(=O)(=O)N(Cc2ccc(C)cc2)c2c(-c3ccccc3)c(C3CCCCC3)nc3ccccc23)cc1. The third-order valence-electron chi connectivity index (χ3n) is 8.51. The highest BCUT2D eigenvalue weighted by Crippen LogP contribution is 2.46. The van der Waals surface area contributed by atoms with E-state index in [-0.39, 0.29) is 22.9 Å². The molecular formula is C37H36N2O4S. The molecule has 1 fully saturated rings. The van der Waals surface area contributed by atoms with Gasteiger partial charge in [-0.25, -0.2) is 13.2 Å². The fraction of sp³-hybridized carbons (Fsp3) is 0.243. The molecule has 7 heteroatoms. The van der Waals surface area contributed by atoms with E-state index in [1.54, 1.807) is 4.31 Å². The Labute approximate surface area is 259 Å². The number of nitrogens with zero attached hydrogens (tertiary/aromatic N) is 2. The van der Waals surface area contributed by atoms with Crippen molar-refractivity contribution in [1.29, 1.82) is 0 Å². The minimum atomic E-state index is -4.13. The summed E-state index contributed by atoms with van der Waals surface area (Å²) in [4.78, 5) is 17.5. The van der Waals surface area contributed by atoms with E-state index < -0.39 is 16.0 Å². The molecule has 0 radical (unpaired) electrons. The molecule has 1 aromatic heterocycles. The summed E-state index contributed by atoms with van der Waals surface area (Å²) in [5, 5.41) is 0.771. The van der Waals surface area contributed by atoms with Crippen LogP contribution < -0.4 is 4.31 Å². The van der Waals surface area contributed by atoms with Crippen LogP contribution in [-0.2, 0) is 21.3 Å². The molecule has 0 saturated heterocycles. The van der Waals surface area contributed by atoms with E-state index in [1.165, 1.54) is 37.8 Å². The van der Waals surface area contributed by atoms with Crippen LogP contribution in [-0.4, -0.2) is 26.5 Å². The van der Waals surface area contributed by atoms with Crippen molar-refractivity contribution in [3.05, 3.63) is 126 Å². The topological polar surface area (TPSA) is 76.6 Å². The Morgan fingerprint density at radius 3 is 2.18 bits per heavy atom. The molecule has 224 valence electrons.